The van der Waals surface area contributed by atoms with E-state index in [4.69, 9.17) is 17.3 Å². The van der Waals surface area contributed by atoms with E-state index >= 15 is 0 Å². The Morgan fingerprint density at radius 3 is 2.95 bits per heavy atom. The largest absolute Gasteiger partial charge is 0.330 e. The SMILES string of the molecule is NCC1CCN(CCC(=O)Nc2ccccc2Cl)C1. The van der Waals surface area contributed by atoms with Gasteiger partial charge in [0, 0.05) is 19.5 Å². The molecule has 5 heteroatoms. The van der Waals surface area contributed by atoms with Crippen molar-refractivity contribution in [3.8, 4) is 0 Å². The molecule has 1 heterocycles. The number of benzene rings is 1. The predicted octanol–water partition coefficient (Wildman–Crippen LogP) is 1.95. The van der Waals surface area contributed by atoms with Crippen molar-refractivity contribution in [1.82, 2.24) is 4.90 Å². The molecule has 0 saturated carbocycles. The lowest BCUT2D eigenvalue weighted by atomic mass is 10.1. The zero-order valence-electron chi connectivity index (χ0n) is 10.9. The van der Waals surface area contributed by atoms with E-state index in [2.05, 4.69) is 10.2 Å². The Morgan fingerprint density at radius 2 is 2.26 bits per heavy atom. The molecule has 1 fully saturated rings. The molecule has 1 saturated heterocycles. The molecule has 1 aliphatic heterocycles. The van der Waals surface area contributed by atoms with Gasteiger partial charge in [0.05, 0.1) is 10.7 Å². The first-order valence-electron chi connectivity index (χ1n) is 6.66. The van der Waals surface area contributed by atoms with Gasteiger partial charge in [-0.05, 0) is 37.6 Å². The highest BCUT2D eigenvalue weighted by Gasteiger charge is 2.21. The summed E-state index contributed by atoms with van der Waals surface area (Å²) in [5.74, 6) is 0.593. The first-order chi connectivity index (χ1) is 9.19. The molecule has 3 N–H and O–H groups in total. The van der Waals surface area contributed by atoms with Gasteiger partial charge >= 0.3 is 0 Å². The topological polar surface area (TPSA) is 58.4 Å². The van der Waals surface area contributed by atoms with Crippen molar-refractivity contribution in [2.45, 2.75) is 12.8 Å². The number of halogens is 1. The number of likely N-dealkylation sites (tertiary alicyclic amines) is 1. The Kier molecular flexibility index (Phi) is 5.19. The van der Waals surface area contributed by atoms with Crippen molar-refractivity contribution in [2.75, 3.05) is 31.5 Å². The Labute approximate surface area is 118 Å². The number of nitrogens with zero attached hydrogens (tertiary/aromatic N) is 1. The van der Waals surface area contributed by atoms with Gasteiger partial charge in [0.2, 0.25) is 5.91 Å². The summed E-state index contributed by atoms with van der Waals surface area (Å²) in [4.78, 5) is 14.1. The minimum absolute atomic E-state index is 0.00398. The minimum Gasteiger partial charge on any atom is -0.330 e. The number of rotatable bonds is 5. The van der Waals surface area contributed by atoms with Crippen molar-refractivity contribution in [3.05, 3.63) is 29.3 Å². The van der Waals surface area contributed by atoms with E-state index in [1.54, 1.807) is 12.1 Å². The zero-order chi connectivity index (χ0) is 13.7. The van der Waals surface area contributed by atoms with Gasteiger partial charge in [-0.15, -0.1) is 0 Å². The van der Waals surface area contributed by atoms with Gasteiger partial charge in [-0.25, -0.2) is 0 Å². The molecule has 1 aliphatic rings. The van der Waals surface area contributed by atoms with Crippen LogP contribution in [0.3, 0.4) is 0 Å². The van der Waals surface area contributed by atoms with E-state index in [0.29, 0.717) is 23.0 Å². The van der Waals surface area contributed by atoms with Crippen LogP contribution in [0.4, 0.5) is 5.69 Å². The fourth-order valence-electron chi connectivity index (χ4n) is 2.34. The highest BCUT2D eigenvalue weighted by molar-refractivity contribution is 6.33. The number of para-hydroxylation sites is 1. The van der Waals surface area contributed by atoms with Crippen LogP contribution in [0.2, 0.25) is 5.02 Å². The Hall–Kier alpha value is -1.10. The quantitative estimate of drug-likeness (QED) is 0.867. The van der Waals surface area contributed by atoms with E-state index in [1.807, 2.05) is 12.1 Å². The van der Waals surface area contributed by atoms with Crippen molar-refractivity contribution in [1.29, 1.82) is 0 Å². The Balaban J connectivity index is 1.75. The summed E-state index contributed by atoms with van der Waals surface area (Å²) in [6, 6.07) is 7.27. The number of hydrogen-bond acceptors (Lipinski definition) is 3. The second kappa shape index (κ2) is 6.89. The Morgan fingerprint density at radius 1 is 1.47 bits per heavy atom. The minimum atomic E-state index is 0.00398. The smallest absolute Gasteiger partial charge is 0.225 e. The lowest BCUT2D eigenvalue weighted by molar-refractivity contribution is -0.116. The van der Waals surface area contributed by atoms with Gasteiger partial charge in [-0.1, -0.05) is 23.7 Å². The highest BCUT2D eigenvalue weighted by atomic mass is 35.5. The van der Waals surface area contributed by atoms with Crippen LogP contribution < -0.4 is 11.1 Å². The first-order valence-corrected chi connectivity index (χ1v) is 7.03. The van der Waals surface area contributed by atoms with Crippen molar-refractivity contribution < 1.29 is 4.79 Å². The third-order valence-electron chi connectivity index (χ3n) is 3.51. The summed E-state index contributed by atoms with van der Waals surface area (Å²) < 4.78 is 0. The molecule has 1 aromatic carbocycles. The summed E-state index contributed by atoms with van der Waals surface area (Å²) in [6.45, 7) is 3.58. The van der Waals surface area contributed by atoms with Gasteiger partial charge in [0.1, 0.15) is 0 Å². The normalized spacial score (nSPS) is 19.6. The van der Waals surface area contributed by atoms with Crippen molar-refractivity contribution in [3.63, 3.8) is 0 Å². The molecule has 1 amide bonds. The molecule has 0 aliphatic carbocycles. The lowest BCUT2D eigenvalue weighted by Gasteiger charge is -2.15. The number of nitrogens with one attached hydrogen (secondary N) is 1. The molecule has 0 aromatic heterocycles. The average molecular weight is 282 g/mol. The van der Waals surface area contributed by atoms with Crippen molar-refractivity contribution in [2.24, 2.45) is 11.7 Å². The summed E-state index contributed by atoms with van der Waals surface area (Å²) in [6.07, 6.45) is 1.63. The molecule has 1 aromatic rings. The maximum absolute atomic E-state index is 11.9. The molecule has 1 atom stereocenters. The van der Waals surface area contributed by atoms with E-state index < -0.39 is 0 Å². The maximum atomic E-state index is 11.9. The molecule has 2 rings (SSSR count). The second-order valence-electron chi connectivity index (χ2n) is 4.97. The van der Waals surface area contributed by atoms with E-state index in [-0.39, 0.29) is 5.91 Å². The third kappa shape index (κ3) is 4.20. The Bertz CT molecular complexity index is 438. The van der Waals surface area contributed by atoms with Crippen LogP contribution in [0.1, 0.15) is 12.8 Å². The molecule has 0 bridgehead atoms. The van der Waals surface area contributed by atoms with Gasteiger partial charge in [0.25, 0.3) is 0 Å². The summed E-state index contributed by atoms with van der Waals surface area (Å²) >= 11 is 5.99. The van der Waals surface area contributed by atoms with Crippen LogP contribution in [-0.4, -0.2) is 37.0 Å². The number of anilines is 1. The van der Waals surface area contributed by atoms with Gasteiger partial charge in [-0.2, -0.15) is 0 Å². The molecule has 1 unspecified atom stereocenters. The number of amides is 1. The van der Waals surface area contributed by atoms with Crippen LogP contribution in [0.25, 0.3) is 0 Å². The number of hydrogen-bond donors (Lipinski definition) is 2. The molecule has 4 nitrogen and oxygen atoms in total. The van der Waals surface area contributed by atoms with Gasteiger partial charge < -0.3 is 16.0 Å². The molecule has 19 heavy (non-hydrogen) atoms. The summed E-state index contributed by atoms with van der Waals surface area (Å²) in [5.41, 5.74) is 6.33. The molecule has 0 radical (unpaired) electrons. The maximum Gasteiger partial charge on any atom is 0.225 e. The lowest BCUT2D eigenvalue weighted by Crippen LogP contribution is -2.27. The van der Waals surface area contributed by atoms with Crippen LogP contribution >= 0.6 is 11.6 Å². The van der Waals surface area contributed by atoms with E-state index in [9.17, 15) is 4.79 Å². The third-order valence-corrected chi connectivity index (χ3v) is 3.84. The van der Waals surface area contributed by atoms with Crippen LogP contribution in [0.5, 0.6) is 0 Å². The van der Waals surface area contributed by atoms with Crippen LogP contribution in [-0.2, 0) is 4.79 Å². The molecular formula is C14H20ClN3O. The second-order valence-corrected chi connectivity index (χ2v) is 5.38. The van der Waals surface area contributed by atoms with E-state index in [1.165, 1.54) is 0 Å². The van der Waals surface area contributed by atoms with E-state index in [0.717, 1.165) is 32.6 Å². The van der Waals surface area contributed by atoms with Crippen molar-refractivity contribution >= 4 is 23.2 Å². The number of nitrogens with two attached hydrogens (primary N) is 1. The molecular weight excluding hydrogens is 262 g/mol. The number of carbonyl (C=O) groups excluding carboxylic acids is 1. The fourth-order valence-corrected chi connectivity index (χ4v) is 2.53. The monoisotopic (exact) mass is 281 g/mol. The first kappa shape index (κ1) is 14.3. The summed E-state index contributed by atoms with van der Waals surface area (Å²) in [5, 5.41) is 3.41. The number of carbonyl (C=O) groups is 1. The predicted molar refractivity (Wildman–Crippen MR) is 78.3 cm³/mol. The standard InChI is InChI=1S/C14H20ClN3O/c15-12-3-1-2-4-13(12)17-14(19)6-8-18-7-5-11(9-16)10-18/h1-4,11H,5-10,16H2,(H,17,19). The molecule has 104 valence electrons. The van der Waals surface area contributed by atoms with Crippen LogP contribution in [0, 0.1) is 5.92 Å². The summed E-state index contributed by atoms with van der Waals surface area (Å²) in [7, 11) is 0. The molecule has 0 spiro atoms. The average Bonchev–Trinajstić information content (AvgIpc) is 2.87. The zero-order valence-corrected chi connectivity index (χ0v) is 11.7. The highest BCUT2D eigenvalue weighted by Crippen LogP contribution is 2.20. The fraction of sp³-hybridized carbons (Fsp3) is 0.500. The van der Waals surface area contributed by atoms with Gasteiger partial charge in [-0.3, -0.25) is 4.79 Å². The van der Waals surface area contributed by atoms with Gasteiger partial charge in [0.15, 0.2) is 0 Å². The van der Waals surface area contributed by atoms with Crippen LogP contribution in [0.15, 0.2) is 24.3 Å².